The number of ether oxygens (including phenoxy) is 1. The van der Waals surface area contributed by atoms with Crippen LogP contribution in [0, 0.1) is 17.8 Å². The summed E-state index contributed by atoms with van der Waals surface area (Å²) < 4.78 is 5.21. The molecule has 4 heteroatoms. The fourth-order valence-corrected chi connectivity index (χ4v) is 4.59. The second-order valence-electron chi connectivity index (χ2n) is 7.55. The van der Waals surface area contributed by atoms with Gasteiger partial charge in [0.25, 0.3) is 0 Å². The maximum atomic E-state index is 13.2. The minimum atomic E-state index is 0.119. The van der Waals surface area contributed by atoms with Gasteiger partial charge in [-0.25, -0.2) is 0 Å². The SMILES string of the molecule is C=CCN(Cc1ccc(OC)cc1)C(=O)C1CC2CCCC(C1)C2N. The summed E-state index contributed by atoms with van der Waals surface area (Å²) in [5.74, 6) is 2.26. The molecule has 4 nitrogen and oxygen atoms in total. The van der Waals surface area contributed by atoms with E-state index in [1.54, 1.807) is 7.11 Å². The Kier molecular flexibility index (Phi) is 5.79. The van der Waals surface area contributed by atoms with Gasteiger partial charge in [-0.2, -0.15) is 0 Å². The highest BCUT2D eigenvalue weighted by Crippen LogP contribution is 2.42. The molecule has 2 N–H and O–H groups in total. The summed E-state index contributed by atoms with van der Waals surface area (Å²) in [6.45, 7) is 5.04. The largest absolute Gasteiger partial charge is 0.497 e. The summed E-state index contributed by atoms with van der Waals surface area (Å²) in [4.78, 5) is 15.1. The van der Waals surface area contributed by atoms with Crippen LogP contribution in [-0.4, -0.2) is 30.5 Å². The predicted octanol–water partition coefficient (Wildman–Crippen LogP) is 3.36. The van der Waals surface area contributed by atoms with E-state index in [9.17, 15) is 4.79 Å². The van der Waals surface area contributed by atoms with Crippen LogP contribution in [0.25, 0.3) is 0 Å². The monoisotopic (exact) mass is 342 g/mol. The number of hydrogen-bond acceptors (Lipinski definition) is 3. The highest BCUT2D eigenvalue weighted by molar-refractivity contribution is 5.79. The van der Waals surface area contributed by atoms with E-state index < -0.39 is 0 Å². The van der Waals surface area contributed by atoms with Gasteiger partial charge in [0, 0.05) is 25.0 Å². The third-order valence-electron chi connectivity index (χ3n) is 5.96. The number of carbonyl (C=O) groups excluding carboxylic acids is 1. The van der Waals surface area contributed by atoms with E-state index in [2.05, 4.69) is 6.58 Å². The van der Waals surface area contributed by atoms with Crippen molar-refractivity contribution in [3.05, 3.63) is 42.5 Å². The Morgan fingerprint density at radius 1 is 1.28 bits per heavy atom. The van der Waals surface area contributed by atoms with E-state index in [0.29, 0.717) is 31.0 Å². The second-order valence-corrected chi connectivity index (χ2v) is 7.55. The van der Waals surface area contributed by atoms with Gasteiger partial charge in [-0.05, 0) is 55.2 Å². The zero-order chi connectivity index (χ0) is 17.8. The number of carbonyl (C=O) groups is 1. The molecule has 1 aromatic carbocycles. The Hall–Kier alpha value is -1.81. The van der Waals surface area contributed by atoms with Gasteiger partial charge in [0.2, 0.25) is 5.91 Å². The number of nitrogens with zero attached hydrogens (tertiary/aromatic N) is 1. The molecule has 25 heavy (non-hydrogen) atoms. The highest BCUT2D eigenvalue weighted by atomic mass is 16.5. The maximum Gasteiger partial charge on any atom is 0.226 e. The first-order valence-electron chi connectivity index (χ1n) is 9.40. The molecule has 2 saturated carbocycles. The van der Waals surface area contributed by atoms with Crippen LogP contribution in [0.1, 0.15) is 37.7 Å². The molecule has 2 aliphatic rings. The minimum absolute atomic E-state index is 0.119. The van der Waals surface area contributed by atoms with Gasteiger partial charge in [-0.3, -0.25) is 4.79 Å². The molecular formula is C21H30N2O2. The topological polar surface area (TPSA) is 55.6 Å². The van der Waals surface area contributed by atoms with E-state index in [4.69, 9.17) is 10.5 Å². The van der Waals surface area contributed by atoms with Crippen molar-refractivity contribution in [3.63, 3.8) is 0 Å². The number of benzene rings is 1. The van der Waals surface area contributed by atoms with E-state index >= 15 is 0 Å². The smallest absolute Gasteiger partial charge is 0.226 e. The van der Waals surface area contributed by atoms with Crippen LogP contribution >= 0.6 is 0 Å². The lowest BCUT2D eigenvalue weighted by Gasteiger charge is -2.44. The van der Waals surface area contributed by atoms with Crippen molar-refractivity contribution in [1.29, 1.82) is 0 Å². The van der Waals surface area contributed by atoms with Crippen LogP contribution < -0.4 is 10.5 Å². The Balaban J connectivity index is 1.68. The highest BCUT2D eigenvalue weighted by Gasteiger charge is 2.41. The Morgan fingerprint density at radius 2 is 1.92 bits per heavy atom. The van der Waals surface area contributed by atoms with E-state index in [1.807, 2.05) is 35.2 Å². The summed E-state index contributed by atoms with van der Waals surface area (Å²) in [6.07, 6.45) is 7.35. The number of amides is 1. The molecule has 2 atom stereocenters. The van der Waals surface area contributed by atoms with Gasteiger partial charge in [0.1, 0.15) is 5.75 Å². The Morgan fingerprint density at radius 3 is 2.48 bits per heavy atom. The molecule has 2 aliphatic carbocycles. The Bertz CT molecular complexity index is 584. The molecule has 0 heterocycles. The molecule has 3 rings (SSSR count). The quantitative estimate of drug-likeness (QED) is 0.807. The van der Waals surface area contributed by atoms with Gasteiger partial charge >= 0.3 is 0 Å². The lowest BCUT2D eigenvalue weighted by molar-refractivity contribution is -0.138. The summed E-state index contributed by atoms with van der Waals surface area (Å²) >= 11 is 0. The van der Waals surface area contributed by atoms with Crippen molar-refractivity contribution in [2.45, 2.75) is 44.7 Å². The van der Waals surface area contributed by atoms with Crippen LogP contribution in [0.15, 0.2) is 36.9 Å². The van der Waals surface area contributed by atoms with Gasteiger partial charge in [-0.15, -0.1) is 6.58 Å². The van der Waals surface area contributed by atoms with Crippen molar-refractivity contribution < 1.29 is 9.53 Å². The third-order valence-corrected chi connectivity index (χ3v) is 5.96. The predicted molar refractivity (Wildman–Crippen MR) is 100 cm³/mol. The van der Waals surface area contributed by atoms with Gasteiger partial charge in [0.15, 0.2) is 0 Å². The van der Waals surface area contributed by atoms with Crippen molar-refractivity contribution in [3.8, 4) is 5.75 Å². The van der Waals surface area contributed by atoms with Gasteiger partial charge < -0.3 is 15.4 Å². The second kappa shape index (κ2) is 8.05. The molecule has 2 bridgehead atoms. The maximum absolute atomic E-state index is 13.2. The summed E-state index contributed by atoms with van der Waals surface area (Å²) in [5.41, 5.74) is 7.49. The summed E-state index contributed by atoms with van der Waals surface area (Å²) in [5, 5.41) is 0. The fraction of sp³-hybridized carbons (Fsp3) is 0.571. The third kappa shape index (κ3) is 4.06. The normalized spacial score (nSPS) is 28.2. The summed E-state index contributed by atoms with van der Waals surface area (Å²) in [7, 11) is 1.66. The molecular weight excluding hydrogens is 312 g/mol. The molecule has 2 fully saturated rings. The first-order chi connectivity index (χ1) is 12.1. The van der Waals surface area contributed by atoms with E-state index in [1.165, 1.54) is 19.3 Å². The van der Waals surface area contributed by atoms with E-state index in [-0.39, 0.29) is 11.8 Å². The van der Waals surface area contributed by atoms with Crippen LogP contribution in [0.3, 0.4) is 0 Å². The van der Waals surface area contributed by atoms with Crippen LogP contribution in [0.2, 0.25) is 0 Å². The molecule has 0 aromatic heterocycles. The van der Waals surface area contributed by atoms with Crippen LogP contribution in [0.5, 0.6) is 5.75 Å². The number of fused-ring (bicyclic) bond motifs is 2. The van der Waals surface area contributed by atoms with Gasteiger partial charge in [-0.1, -0.05) is 24.6 Å². The standard InChI is InChI=1S/C21H30N2O2/c1-3-11-23(14-15-7-9-19(25-2)10-8-15)21(24)18-12-16-5-4-6-17(13-18)20(16)22/h3,7-10,16-18,20H,1,4-6,11-14,22H2,2H3. The number of hydrogen-bond donors (Lipinski definition) is 1. The molecule has 1 aromatic rings. The average Bonchev–Trinajstić information content (AvgIpc) is 2.61. The first kappa shape index (κ1) is 18.0. The van der Waals surface area contributed by atoms with Gasteiger partial charge in [0.05, 0.1) is 7.11 Å². The molecule has 0 aliphatic heterocycles. The lowest BCUT2D eigenvalue weighted by Crippen LogP contribution is -2.49. The van der Waals surface area contributed by atoms with Crippen LogP contribution in [-0.2, 0) is 11.3 Å². The van der Waals surface area contributed by atoms with Crippen molar-refractivity contribution in [1.82, 2.24) is 4.90 Å². The Labute approximate surface area is 151 Å². The first-order valence-corrected chi connectivity index (χ1v) is 9.40. The molecule has 0 spiro atoms. The zero-order valence-electron chi connectivity index (χ0n) is 15.2. The average molecular weight is 342 g/mol. The number of nitrogens with two attached hydrogens (primary N) is 1. The number of methoxy groups -OCH3 is 1. The van der Waals surface area contributed by atoms with Crippen molar-refractivity contribution in [2.24, 2.45) is 23.5 Å². The molecule has 136 valence electrons. The molecule has 0 saturated heterocycles. The molecule has 2 unspecified atom stereocenters. The fourth-order valence-electron chi connectivity index (χ4n) is 4.59. The van der Waals surface area contributed by atoms with Crippen LogP contribution in [0.4, 0.5) is 0 Å². The lowest BCUT2D eigenvalue weighted by atomic mass is 9.65. The molecule has 0 radical (unpaired) electrons. The van der Waals surface area contributed by atoms with E-state index in [0.717, 1.165) is 24.2 Å². The zero-order valence-corrected chi connectivity index (χ0v) is 15.2. The van der Waals surface area contributed by atoms with Crippen molar-refractivity contribution >= 4 is 5.91 Å². The summed E-state index contributed by atoms with van der Waals surface area (Å²) in [6, 6.07) is 8.22. The molecule has 1 amide bonds. The number of rotatable bonds is 6. The minimum Gasteiger partial charge on any atom is -0.497 e. The van der Waals surface area contributed by atoms with Crippen molar-refractivity contribution in [2.75, 3.05) is 13.7 Å².